The minimum Gasteiger partial charge on any atom is -0.481 e. The maximum absolute atomic E-state index is 14.1. The van der Waals surface area contributed by atoms with Crippen LogP contribution in [0.1, 0.15) is 57.8 Å². The monoisotopic (exact) mass is 880 g/mol. The first-order valence-corrected chi connectivity index (χ1v) is 19.7. The molecule has 0 unspecified atom stereocenters. The van der Waals surface area contributed by atoms with Crippen LogP contribution < -0.4 is 49.1 Å². The number of hydrogen-bond acceptors (Lipinski definition) is 14. The van der Waals surface area contributed by atoms with Crippen LogP contribution >= 0.6 is 12.6 Å². The molecule has 0 aliphatic heterocycles. The summed E-state index contributed by atoms with van der Waals surface area (Å²) in [5.41, 5.74) is 17.2. The van der Waals surface area contributed by atoms with Crippen molar-refractivity contribution < 1.29 is 53.7 Å². The van der Waals surface area contributed by atoms with Gasteiger partial charge in [-0.3, -0.25) is 38.6 Å². The fraction of sp³-hybridized carbons (Fsp3) is 0.571. The number of nitrogens with two attached hydrogens (primary N) is 3. The molecular formula is C35H56N14O11S. The minimum absolute atomic E-state index is 0.00469. The highest BCUT2D eigenvalue weighted by Gasteiger charge is 2.35. The van der Waals surface area contributed by atoms with Gasteiger partial charge in [0, 0.05) is 48.9 Å². The van der Waals surface area contributed by atoms with Gasteiger partial charge in [-0.2, -0.15) is 12.6 Å². The van der Waals surface area contributed by atoms with Crippen molar-refractivity contribution in [3.05, 3.63) is 36.4 Å². The summed E-state index contributed by atoms with van der Waals surface area (Å²) >= 11 is 3.98. The molecule has 0 saturated carbocycles. The molecule has 2 aromatic rings. The van der Waals surface area contributed by atoms with E-state index in [1.54, 1.807) is 13.8 Å². The lowest BCUT2D eigenvalue weighted by molar-refractivity contribution is -0.147. The van der Waals surface area contributed by atoms with Crippen LogP contribution in [0.5, 0.6) is 0 Å². The molecule has 0 aromatic carbocycles. The van der Waals surface area contributed by atoms with E-state index in [1.807, 2.05) is 0 Å². The number of aromatic amines is 2. The van der Waals surface area contributed by atoms with E-state index in [9.17, 15) is 48.6 Å². The van der Waals surface area contributed by atoms with Crippen molar-refractivity contribution in [1.29, 1.82) is 0 Å². The van der Waals surface area contributed by atoms with Gasteiger partial charge in [-0.15, -0.1) is 0 Å². The number of aliphatic hydroxyl groups is 1. The van der Waals surface area contributed by atoms with Gasteiger partial charge < -0.3 is 74.4 Å². The van der Waals surface area contributed by atoms with Gasteiger partial charge >= 0.3 is 11.9 Å². The third-order valence-electron chi connectivity index (χ3n) is 8.73. The molecule has 2 rings (SSSR count). The van der Waals surface area contributed by atoms with Gasteiger partial charge in [-0.05, 0) is 32.1 Å². The summed E-state index contributed by atoms with van der Waals surface area (Å²) in [5.74, 6) is -9.13. The van der Waals surface area contributed by atoms with Crippen LogP contribution in [-0.2, 0) is 51.2 Å². The van der Waals surface area contributed by atoms with Crippen LogP contribution in [0.3, 0.4) is 0 Å². The molecule has 338 valence electrons. The van der Waals surface area contributed by atoms with E-state index >= 15 is 0 Å². The minimum atomic E-state index is -1.85. The van der Waals surface area contributed by atoms with Crippen molar-refractivity contribution in [2.45, 2.75) is 108 Å². The van der Waals surface area contributed by atoms with E-state index in [1.165, 1.54) is 32.0 Å². The summed E-state index contributed by atoms with van der Waals surface area (Å²) in [6.07, 6.45) is 2.57. The Hall–Kier alpha value is -6.28. The molecule has 0 radical (unpaired) electrons. The van der Waals surface area contributed by atoms with E-state index in [0.717, 1.165) is 0 Å². The van der Waals surface area contributed by atoms with Crippen molar-refractivity contribution in [2.75, 3.05) is 12.3 Å². The number of rotatable bonds is 27. The second-order valence-corrected chi connectivity index (χ2v) is 14.8. The zero-order valence-electron chi connectivity index (χ0n) is 33.8. The number of nitrogens with zero attached hydrogens (tertiary/aromatic N) is 3. The molecule has 0 saturated heterocycles. The number of amides is 6. The number of hydrogen-bond donors (Lipinski definition) is 15. The molecule has 0 bridgehead atoms. The number of aromatic nitrogens is 4. The number of imidazole rings is 2. The topological polar surface area (TPSA) is 417 Å². The van der Waals surface area contributed by atoms with Gasteiger partial charge in [0.05, 0.1) is 31.2 Å². The number of guanidine groups is 1. The molecule has 0 spiro atoms. The largest absolute Gasteiger partial charge is 0.481 e. The van der Waals surface area contributed by atoms with E-state index in [-0.39, 0.29) is 56.3 Å². The molecule has 0 fully saturated rings. The van der Waals surface area contributed by atoms with Crippen LogP contribution in [0.2, 0.25) is 0 Å². The van der Waals surface area contributed by atoms with Crippen LogP contribution in [-0.4, -0.2) is 149 Å². The van der Waals surface area contributed by atoms with Crippen molar-refractivity contribution >= 4 is 66.0 Å². The lowest BCUT2D eigenvalue weighted by Crippen LogP contribution is -2.61. The van der Waals surface area contributed by atoms with Gasteiger partial charge in [0.25, 0.3) is 0 Å². The molecule has 6 amide bonds. The SMILES string of the molecule is CC(C)C[C@H](NC(=O)[C@H](Cc1cnc[nH]1)NC(=O)[C@@H](NC(=O)[C@@H](N)CS)[C@@H](C)O)C(=O)N[C@@H](Cc1cnc[nH]1)C(=O)N[C@@H](CCCN=C(N)N)C(=O)N[C@@H](CC(=O)O)C(=O)O. The number of aliphatic hydroxyl groups excluding tert-OH is 1. The summed E-state index contributed by atoms with van der Waals surface area (Å²) < 4.78 is 0. The number of aliphatic carboxylic acids is 2. The molecule has 61 heavy (non-hydrogen) atoms. The Morgan fingerprint density at radius 3 is 1.64 bits per heavy atom. The van der Waals surface area contributed by atoms with Gasteiger partial charge in [0.1, 0.15) is 36.3 Å². The predicted molar refractivity (Wildman–Crippen MR) is 219 cm³/mol. The number of carboxylic acid groups (broad SMARTS) is 2. The first-order chi connectivity index (χ1) is 28.7. The van der Waals surface area contributed by atoms with Crippen molar-refractivity contribution in [3.8, 4) is 0 Å². The summed E-state index contributed by atoms with van der Waals surface area (Å²) in [5, 5.41) is 43.7. The van der Waals surface area contributed by atoms with E-state index in [4.69, 9.17) is 22.3 Å². The first-order valence-electron chi connectivity index (χ1n) is 19.0. The molecule has 2 aromatic heterocycles. The normalized spacial score (nSPS) is 15.0. The molecule has 25 nitrogen and oxygen atoms in total. The lowest BCUT2D eigenvalue weighted by Gasteiger charge is -2.28. The third kappa shape index (κ3) is 18.3. The molecule has 26 heteroatoms. The van der Waals surface area contributed by atoms with E-state index in [2.05, 4.69) is 69.5 Å². The highest BCUT2D eigenvalue weighted by molar-refractivity contribution is 7.80. The summed E-state index contributed by atoms with van der Waals surface area (Å²) in [4.78, 5) is 122. The fourth-order valence-corrected chi connectivity index (χ4v) is 5.77. The highest BCUT2D eigenvalue weighted by Crippen LogP contribution is 2.10. The summed E-state index contributed by atoms with van der Waals surface area (Å²) in [6, 6.07) is -10.2. The number of thiol groups is 1. The summed E-state index contributed by atoms with van der Waals surface area (Å²) in [6.45, 7) is 4.77. The maximum atomic E-state index is 14.1. The molecule has 0 aliphatic rings. The Kier molecular flexibility index (Phi) is 21.2. The summed E-state index contributed by atoms with van der Waals surface area (Å²) in [7, 11) is 0. The highest BCUT2D eigenvalue weighted by atomic mass is 32.1. The maximum Gasteiger partial charge on any atom is 0.326 e. The Labute approximate surface area is 355 Å². The van der Waals surface area contributed by atoms with Gasteiger partial charge in [0.2, 0.25) is 35.4 Å². The number of carbonyl (C=O) groups is 8. The lowest BCUT2D eigenvalue weighted by atomic mass is 10.0. The molecule has 0 aliphatic carbocycles. The quantitative estimate of drug-likeness (QED) is 0.0173. The van der Waals surface area contributed by atoms with Gasteiger partial charge in [0.15, 0.2) is 5.96 Å². The second-order valence-electron chi connectivity index (χ2n) is 14.4. The van der Waals surface area contributed by atoms with Gasteiger partial charge in [-0.1, -0.05) is 13.8 Å². The third-order valence-corrected chi connectivity index (χ3v) is 9.12. The number of nitrogens with one attached hydrogen (secondary N) is 8. The van der Waals surface area contributed by atoms with Crippen LogP contribution in [0.15, 0.2) is 30.0 Å². The Bertz CT molecular complexity index is 1810. The Morgan fingerprint density at radius 1 is 0.721 bits per heavy atom. The zero-order chi connectivity index (χ0) is 45.8. The molecular weight excluding hydrogens is 825 g/mol. The molecule has 2 heterocycles. The van der Waals surface area contributed by atoms with E-state index in [0.29, 0.717) is 11.4 Å². The van der Waals surface area contributed by atoms with Crippen LogP contribution in [0.25, 0.3) is 0 Å². The second kappa shape index (κ2) is 25.4. The predicted octanol–water partition coefficient (Wildman–Crippen LogP) is -4.88. The van der Waals surface area contributed by atoms with Crippen molar-refractivity contribution in [3.63, 3.8) is 0 Å². The van der Waals surface area contributed by atoms with E-state index < -0.39 is 102 Å². The van der Waals surface area contributed by atoms with Gasteiger partial charge in [-0.25, -0.2) is 14.8 Å². The molecule has 8 atom stereocenters. The Balaban J connectivity index is 2.43. The van der Waals surface area contributed by atoms with Crippen molar-refractivity contribution in [2.24, 2.45) is 28.1 Å². The van der Waals surface area contributed by atoms with Crippen molar-refractivity contribution in [1.82, 2.24) is 51.8 Å². The number of H-pyrrole nitrogens is 2. The molecule has 17 N–H and O–H groups in total. The fourth-order valence-electron chi connectivity index (χ4n) is 5.60. The number of carboxylic acids is 2. The zero-order valence-corrected chi connectivity index (χ0v) is 34.7. The number of aliphatic imine (C=N–C) groups is 1. The number of carbonyl (C=O) groups excluding carboxylic acids is 6. The average molecular weight is 881 g/mol. The first kappa shape index (κ1) is 50.9. The average Bonchev–Trinajstić information content (AvgIpc) is 3.90. The van der Waals surface area contributed by atoms with Crippen LogP contribution in [0.4, 0.5) is 0 Å². The standard InChI is InChI=1S/C35H56N14O11S/c1-16(2)7-22(45-32(57)24(9-19-12-40-15-43-19)47-33(58)27(17(3)50)49-28(53)20(36)13-61)30(55)46-23(8-18-11-39-14-42-18)31(56)44-21(5-4-6-41-35(37)38)29(54)48-25(34(59)60)10-26(51)52/h11-12,14-17,20-25,27,50,61H,4-10,13,36H2,1-3H3,(H,39,42)(H,40,43)(H,44,56)(H,45,57)(H,46,55)(H,47,58)(H,48,54)(H,49,53)(H,51,52)(H,59,60)(H4,37,38,41)/t17-,20+,21+,22+,23+,24+,25+,27+/m1/s1. The smallest absolute Gasteiger partial charge is 0.326 e. The van der Waals surface area contributed by atoms with Crippen LogP contribution in [0, 0.1) is 5.92 Å². The Morgan fingerprint density at radius 2 is 1.20 bits per heavy atom.